The standard InChI is InChI=1S/C15H9BrF3NO4S/c1-2-23-11-6-8(7-20)5-9(16)15(11)24-25(21,22)12-4-3-10(17)13(18)14(12)19/h3-6H,2H2,1H3. The maximum absolute atomic E-state index is 13.8. The first-order valence-electron chi connectivity index (χ1n) is 6.65. The number of benzene rings is 2. The summed E-state index contributed by atoms with van der Waals surface area (Å²) in [5.74, 6) is -5.83. The topological polar surface area (TPSA) is 76.4 Å². The Morgan fingerprint density at radius 1 is 1.20 bits per heavy atom. The third-order valence-corrected chi connectivity index (χ3v) is 4.73. The number of hydrogen-bond donors (Lipinski definition) is 0. The van der Waals surface area contributed by atoms with Crippen LogP contribution in [0.15, 0.2) is 33.6 Å². The Morgan fingerprint density at radius 2 is 1.88 bits per heavy atom. The molecule has 0 amide bonds. The molecule has 2 aromatic carbocycles. The highest BCUT2D eigenvalue weighted by Gasteiger charge is 2.28. The van der Waals surface area contributed by atoms with Crippen molar-refractivity contribution in [3.05, 3.63) is 51.8 Å². The van der Waals surface area contributed by atoms with Gasteiger partial charge in [-0.25, -0.2) is 13.2 Å². The first kappa shape index (κ1) is 19.1. The zero-order valence-corrected chi connectivity index (χ0v) is 14.9. The van der Waals surface area contributed by atoms with Crippen LogP contribution >= 0.6 is 15.9 Å². The first-order valence-corrected chi connectivity index (χ1v) is 8.85. The maximum Gasteiger partial charge on any atom is 0.342 e. The van der Waals surface area contributed by atoms with E-state index in [-0.39, 0.29) is 28.1 Å². The van der Waals surface area contributed by atoms with Crippen LogP contribution in [0.3, 0.4) is 0 Å². The van der Waals surface area contributed by atoms with E-state index in [1.807, 2.05) is 6.07 Å². The second-order valence-corrected chi connectivity index (χ2v) is 6.91. The molecule has 0 aromatic heterocycles. The van der Waals surface area contributed by atoms with Gasteiger partial charge in [-0.15, -0.1) is 0 Å². The van der Waals surface area contributed by atoms with Crippen LogP contribution in [0.5, 0.6) is 11.5 Å². The van der Waals surface area contributed by atoms with Crippen LogP contribution in [0.4, 0.5) is 13.2 Å². The van der Waals surface area contributed by atoms with Crippen molar-refractivity contribution in [1.29, 1.82) is 5.26 Å². The molecule has 0 fully saturated rings. The smallest absolute Gasteiger partial charge is 0.342 e. The largest absolute Gasteiger partial charge is 0.490 e. The van der Waals surface area contributed by atoms with Crippen LogP contribution in [0.25, 0.3) is 0 Å². The van der Waals surface area contributed by atoms with E-state index in [9.17, 15) is 21.6 Å². The van der Waals surface area contributed by atoms with Gasteiger partial charge in [-0.05, 0) is 41.1 Å². The van der Waals surface area contributed by atoms with Crippen LogP contribution in [0.1, 0.15) is 12.5 Å². The van der Waals surface area contributed by atoms with Crippen molar-refractivity contribution in [1.82, 2.24) is 0 Å². The third-order valence-electron chi connectivity index (χ3n) is 2.90. The Morgan fingerprint density at radius 3 is 2.48 bits per heavy atom. The second-order valence-electron chi connectivity index (χ2n) is 4.54. The Bertz CT molecular complexity index is 974. The fraction of sp³-hybridized carbons (Fsp3) is 0.133. The molecule has 0 bridgehead atoms. The summed E-state index contributed by atoms with van der Waals surface area (Å²) in [6, 6.07) is 5.33. The van der Waals surface area contributed by atoms with Crippen molar-refractivity contribution >= 4 is 26.0 Å². The molecule has 0 spiro atoms. The van der Waals surface area contributed by atoms with E-state index < -0.39 is 32.5 Å². The molecule has 2 aromatic rings. The lowest BCUT2D eigenvalue weighted by molar-refractivity contribution is 0.326. The van der Waals surface area contributed by atoms with Crippen molar-refractivity contribution in [2.24, 2.45) is 0 Å². The van der Waals surface area contributed by atoms with Crippen molar-refractivity contribution in [3.63, 3.8) is 0 Å². The molecular formula is C15H9BrF3NO4S. The highest BCUT2D eigenvalue weighted by molar-refractivity contribution is 9.10. The summed E-state index contributed by atoms with van der Waals surface area (Å²) in [6.07, 6.45) is 0. The van der Waals surface area contributed by atoms with Crippen molar-refractivity contribution in [2.45, 2.75) is 11.8 Å². The summed E-state index contributed by atoms with van der Waals surface area (Å²) < 4.78 is 74.7. The van der Waals surface area contributed by atoms with Crippen LogP contribution < -0.4 is 8.92 Å². The van der Waals surface area contributed by atoms with Crippen LogP contribution in [0, 0.1) is 28.8 Å². The minimum atomic E-state index is -4.84. The molecule has 0 aliphatic carbocycles. The molecule has 0 unspecified atom stereocenters. The molecule has 10 heteroatoms. The van der Waals surface area contributed by atoms with E-state index >= 15 is 0 Å². The summed E-state index contributed by atoms with van der Waals surface area (Å²) in [4.78, 5) is -1.18. The summed E-state index contributed by atoms with van der Waals surface area (Å²) in [5, 5.41) is 8.94. The average Bonchev–Trinajstić information content (AvgIpc) is 2.55. The lowest BCUT2D eigenvalue weighted by Gasteiger charge is -2.14. The molecule has 25 heavy (non-hydrogen) atoms. The fourth-order valence-electron chi connectivity index (χ4n) is 1.83. The molecule has 0 atom stereocenters. The monoisotopic (exact) mass is 435 g/mol. The Labute approximate surface area is 149 Å². The molecule has 132 valence electrons. The zero-order valence-electron chi connectivity index (χ0n) is 12.5. The van der Waals surface area contributed by atoms with E-state index in [1.165, 1.54) is 12.1 Å². The molecule has 0 aliphatic heterocycles. The highest BCUT2D eigenvalue weighted by Crippen LogP contribution is 2.39. The van der Waals surface area contributed by atoms with Gasteiger partial charge >= 0.3 is 10.1 Å². The molecule has 2 rings (SSSR count). The van der Waals surface area contributed by atoms with Crippen LogP contribution in [-0.4, -0.2) is 15.0 Å². The molecule has 0 saturated heterocycles. The molecule has 0 radical (unpaired) electrons. The lowest BCUT2D eigenvalue weighted by Crippen LogP contribution is -2.14. The number of hydrogen-bond acceptors (Lipinski definition) is 5. The normalized spacial score (nSPS) is 11.0. The predicted octanol–water partition coefficient (Wildman–Crippen LogP) is 3.90. The van der Waals surface area contributed by atoms with Crippen molar-refractivity contribution < 1.29 is 30.5 Å². The van der Waals surface area contributed by atoms with E-state index in [1.54, 1.807) is 6.92 Å². The van der Waals surface area contributed by atoms with Gasteiger partial charge in [-0.3, -0.25) is 0 Å². The summed E-state index contributed by atoms with van der Waals surface area (Å²) in [7, 11) is -4.84. The highest BCUT2D eigenvalue weighted by atomic mass is 79.9. The number of halogens is 4. The lowest BCUT2D eigenvalue weighted by atomic mass is 10.2. The summed E-state index contributed by atoms with van der Waals surface area (Å²) in [6.45, 7) is 1.73. The maximum atomic E-state index is 13.8. The number of ether oxygens (including phenoxy) is 1. The predicted molar refractivity (Wildman–Crippen MR) is 84.2 cm³/mol. The second kappa shape index (κ2) is 7.33. The van der Waals surface area contributed by atoms with E-state index in [0.717, 1.165) is 0 Å². The third kappa shape index (κ3) is 3.88. The molecule has 5 nitrogen and oxygen atoms in total. The number of rotatable bonds is 5. The molecule has 0 N–H and O–H groups in total. The Balaban J connectivity index is 2.55. The van der Waals surface area contributed by atoms with E-state index in [4.69, 9.17) is 14.2 Å². The van der Waals surface area contributed by atoms with Gasteiger partial charge < -0.3 is 8.92 Å². The van der Waals surface area contributed by atoms with Gasteiger partial charge in [0.25, 0.3) is 0 Å². The fourth-order valence-corrected chi connectivity index (χ4v) is 3.49. The average molecular weight is 436 g/mol. The van der Waals surface area contributed by atoms with Gasteiger partial charge in [0.15, 0.2) is 29.0 Å². The van der Waals surface area contributed by atoms with Gasteiger partial charge in [0.05, 0.1) is 22.7 Å². The van der Waals surface area contributed by atoms with Crippen LogP contribution in [-0.2, 0) is 10.1 Å². The van der Waals surface area contributed by atoms with Crippen LogP contribution in [0.2, 0.25) is 0 Å². The van der Waals surface area contributed by atoms with E-state index in [0.29, 0.717) is 12.1 Å². The SMILES string of the molecule is CCOc1cc(C#N)cc(Br)c1OS(=O)(=O)c1ccc(F)c(F)c1F. The minimum Gasteiger partial charge on any atom is -0.490 e. The molecule has 0 saturated carbocycles. The van der Waals surface area contributed by atoms with Crippen molar-refractivity contribution in [2.75, 3.05) is 6.61 Å². The molecule has 0 heterocycles. The quantitative estimate of drug-likeness (QED) is 0.525. The molecular weight excluding hydrogens is 427 g/mol. The summed E-state index contributed by atoms with van der Waals surface area (Å²) >= 11 is 3.03. The van der Waals surface area contributed by atoms with E-state index in [2.05, 4.69) is 15.9 Å². The van der Waals surface area contributed by atoms with Gasteiger partial charge in [-0.1, -0.05) is 0 Å². The van der Waals surface area contributed by atoms with Gasteiger partial charge in [0, 0.05) is 6.07 Å². The number of nitrogens with zero attached hydrogens (tertiary/aromatic N) is 1. The van der Waals surface area contributed by atoms with Gasteiger partial charge in [0.2, 0.25) is 0 Å². The van der Waals surface area contributed by atoms with Gasteiger partial charge in [0.1, 0.15) is 4.90 Å². The number of nitriles is 1. The summed E-state index contributed by atoms with van der Waals surface area (Å²) in [5.41, 5.74) is 0.152. The minimum absolute atomic E-state index is 0.0431. The van der Waals surface area contributed by atoms with Gasteiger partial charge in [-0.2, -0.15) is 13.7 Å². The first-order chi connectivity index (χ1) is 11.7. The Hall–Kier alpha value is -2.25. The zero-order chi connectivity index (χ0) is 18.8. The van der Waals surface area contributed by atoms with Crippen molar-refractivity contribution in [3.8, 4) is 17.6 Å². The molecule has 0 aliphatic rings. The Kier molecular flexibility index (Phi) is 5.59.